The van der Waals surface area contributed by atoms with Crippen LogP contribution in [0.4, 0.5) is 27.5 Å². The Morgan fingerprint density at radius 1 is 1.11 bits per heavy atom. The van der Waals surface area contributed by atoms with E-state index in [2.05, 4.69) is 27.3 Å². The van der Waals surface area contributed by atoms with Crippen molar-refractivity contribution in [1.82, 2.24) is 9.97 Å². The highest BCUT2D eigenvalue weighted by molar-refractivity contribution is 6.32. The van der Waals surface area contributed by atoms with Gasteiger partial charge in [0.2, 0.25) is 5.95 Å². The summed E-state index contributed by atoms with van der Waals surface area (Å²) in [5, 5.41) is 5.42. The first kappa shape index (κ1) is 24.2. The summed E-state index contributed by atoms with van der Waals surface area (Å²) in [7, 11) is 0. The molecule has 1 N–H and O–H groups in total. The summed E-state index contributed by atoms with van der Waals surface area (Å²) >= 11 is 6.38. The number of hydrogen-bond acceptors (Lipinski definition) is 7. The summed E-state index contributed by atoms with van der Waals surface area (Å²) in [6, 6.07) is 13.0. The molecule has 1 aliphatic carbocycles. The van der Waals surface area contributed by atoms with Crippen LogP contribution in [0.2, 0.25) is 5.02 Å². The van der Waals surface area contributed by atoms with E-state index in [9.17, 15) is 4.39 Å². The number of nitrogens with one attached hydrogen (secondary N) is 1. The van der Waals surface area contributed by atoms with Gasteiger partial charge in [-0.2, -0.15) is 4.98 Å². The summed E-state index contributed by atoms with van der Waals surface area (Å²) in [4.78, 5) is 17.8. The number of anilines is 4. The number of rotatable bonds is 7. The third-order valence-corrected chi connectivity index (χ3v) is 7.47. The molecule has 0 unspecified atom stereocenters. The zero-order valence-electron chi connectivity index (χ0n) is 20.5. The predicted molar refractivity (Wildman–Crippen MR) is 145 cm³/mol. The average Bonchev–Trinajstić information content (AvgIpc) is 2.89. The maximum Gasteiger partial charge on any atom is 0.229 e. The summed E-state index contributed by atoms with van der Waals surface area (Å²) < 4.78 is 20.2. The van der Waals surface area contributed by atoms with E-state index in [4.69, 9.17) is 26.2 Å². The normalized spacial score (nSPS) is 17.7. The fraction of sp³-hybridized carbons (Fsp3) is 0.357. The number of benzene rings is 2. The van der Waals surface area contributed by atoms with Crippen molar-refractivity contribution in [3.05, 3.63) is 70.6 Å². The Bertz CT molecular complexity index is 1270. The van der Waals surface area contributed by atoms with Crippen LogP contribution in [0.25, 0.3) is 11.6 Å². The van der Waals surface area contributed by atoms with Crippen LogP contribution >= 0.6 is 11.6 Å². The molecule has 37 heavy (non-hydrogen) atoms. The minimum atomic E-state index is -0.360. The van der Waals surface area contributed by atoms with Crippen LogP contribution in [0, 0.1) is 11.7 Å². The van der Waals surface area contributed by atoms with Crippen molar-refractivity contribution in [3.8, 4) is 0 Å². The van der Waals surface area contributed by atoms with Gasteiger partial charge in [-0.05, 0) is 66.8 Å². The van der Waals surface area contributed by atoms with Gasteiger partial charge < -0.3 is 15.0 Å². The Balaban J connectivity index is 1.25. The van der Waals surface area contributed by atoms with Crippen LogP contribution in [-0.4, -0.2) is 49.4 Å². The molecule has 3 aliphatic rings. The van der Waals surface area contributed by atoms with Crippen molar-refractivity contribution >= 4 is 46.4 Å². The molecule has 7 nitrogen and oxygen atoms in total. The summed E-state index contributed by atoms with van der Waals surface area (Å²) in [5.74, 6) is 1.30. The van der Waals surface area contributed by atoms with E-state index in [1.54, 1.807) is 23.4 Å². The van der Waals surface area contributed by atoms with Gasteiger partial charge in [0, 0.05) is 41.8 Å². The molecule has 1 saturated carbocycles. The van der Waals surface area contributed by atoms with E-state index in [-0.39, 0.29) is 5.82 Å². The molecule has 2 aromatic carbocycles. The molecule has 2 aliphatic heterocycles. The number of morpholine rings is 1. The quantitative estimate of drug-likeness (QED) is 0.412. The highest BCUT2D eigenvalue weighted by atomic mass is 35.5. The summed E-state index contributed by atoms with van der Waals surface area (Å²) in [5.41, 5.74) is 3.92. The van der Waals surface area contributed by atoms with Gasteiger partial charge >= 0.3 is 0 Å². The Labute approximate surface area is 220 Å². The second-order valence-corrected chi connectivity index (χ2v) is 10.0. The summed E-state index contributed by atoms with van der Waals surface area (Å²) in [6.45, 7) is 4.23. The molecule has 2 fully saturated rings. The van der Waals surface area contributed by atoms with E-state index in [1.165, 1.54) is 31.0 Å². The van der Waals surface area contributed by atoms with Crippen LogP contribution < -0.4 is 15.3 Å². The minimum Gasteiger partial charge on any atom is -0.378 e. The smallest absolute Gasteiger partial charge is 0.229 e. The molecule has 0 radical (unpaired) electrons. The lowest BCUT2D eigenvalue weighted by molar-refractivity contribution is 0.0549. The number of halogens is 2. The molecule has 3 heterocycles. The Kier molecular flexibility index (Phi) is 6.95. The largest absolute Gasteiger partial charge is 0.378 e. The second kappa shape index (κ2) is 10.7. The number of hydrogen-bond donors (Lipinski definition) is 1. The Hall–Kier alpha value is -3.20. The van der Waals surface area contributed by atoms with Crippen molar-refractivity contribution < 1.29 is 14.0 Å². The predicted octanol–water partition coefficient (Wildman–Crippen LogP) is 5.94. The molecule has 0 spiro atoms. The zero-order valence-corrected chi connectivity index (χ0v) is 21.3. The third kappa shape index (κ3) is 5.28. The van der Waals surface area contributed by atoms with Crippen molar-refractivity contribution in [1.29, 1.82) is 0 Å². The first-order valence-corrected chi connectivity index (χ1v) is 13.1. The molecule has 192 valence electrons. The SMILES string of the molecule is Fc1cccc(Cl)c1C1=Cc2cnc(Nc3ccc(N4CCOCC4)cc3)nc2N(OCC2CCC2)C1. The van der Waals surface area contributed by atoms with Gasteiger partial charge in [-0.25, -0.2) is 14.4 Å². The van der Waals surface area contributed by atoms with E-state index in [0.717, 1.165) is 43.1 Å². The molecule has 1 aromatic heterocycles. The number of ether oxygens (including phenoxy) is 1. The molecule has 1 saturated heterocycles. The average molecular weight is 522 g/mol. The Morgan fingerprint density at radius 2 is 1.92 bits per heavy atom. The van der Waals surface area contributed by atoms with Gasteiger partial charge in [0.1, 0.15) is 5.82 Å². The molecular formula is C28H29ClFN5O2. The Morgan fingerprint density at radius 3 is 2.65 bits per heavy atom. The van der Waals surface area contributed by atoms with Crippen molar-refractivity contribution in [2.75, 3.05) is 54.7 Å². The van der Waals surface area contributed by atoms with Crippen molar-refractivity contribution in [3.63, 3.8) is 0 Å². The topological polar surface area (TPSA) is 62.8 Å². The molecular weight excluding hydrogens is 493 g/mol. The van der Waals surface area contributed by atoms with Crippen molar-refractivity contribution in [2.24, 2.45) is 5.92 Å². The zero-order chi connectivity index (χ0) is 25.2. The lowest BCUT2D eigenvalue weighted by Crippen LogP contribution is -2.36. The van der Waals surface area contributed by atoms with E-state index < -0.39 is 0 Å². The van der Waals surface area contributed by atoms with E-state index in [1.807, 2.05) is 18.2 Å². The van der Waals surface area contributed by atoms with Gasteiger partial charge in [0.15, 0.2) is 5.82 Å². The molecule has 9 heteroatoms. The highest BCUT2D eigenvalue weighted by Gasteiger charge is 2.27. The molecule has 0 atom stereocenters. The van der Waals surface area contributed by atoms with Gasteiger partial charge in [0.25, 0.3) is 0 Å². The van der Waals surface area contributed by atoms with Crippen LogP contribution in [0.5, 0.6) is 0 Å². The van der Waals surface area contributed by atoms with E-state index in [0.29, 0.717) is 41.4 Å². The molecule has 6 rings (SSSR count). The highest BCUT2D eigenvalue weighted by Crippen LogP contribution is 2.37. The van der Waals surface area contributed by atoms with Crippen molar-refractivity contribution in [2.45, 2.75) is 19.3 Å². The first-order chi connectivity index (χ1) is 18.1. The maximum atomic E-state index is 14.7. The number of hydroxylamine groups is 1. The number of aromatic nitrogens is 2. The number of nitrogens with zero attached hydrogens (tertiary/aromatic N) is 4. The monoisotopic (exact) mass is 521 g/mol. The lowest BCUT2D eigenvalue weighted by atomic mass is 9.86. The van der Waals surface area contributed by atoms with E-state index >= 15 is 0 Å². The number of fused-ring (bicyclic) bond motifs is 1. The maximum absolute atomic E-state index is 14.7. The third-order valence-electron chi connectivity index (χ3n) is 7.15. The van der Waals surface area contributed by atoms with Gasteiger partial charge in [-0.1, -0.05) is 24.1 Å². The van der Waals surface area contributed by atoms with Gasteiger partial charge in [-0.15, -0.1) is 0 Å². The minimum absolute atomic E-state index is 0.338. The second-order valence-electron chi connectivity index (χ2n) is 9.64. The van der Waals surface area contributed by atoms with Crippen LogP contribution in [-0.2, 0) is 9.57 Å². The molecule has 3 aromatic rings. The van der Waals surface area contributed by atoms with Gasteiger partial charge in [0.05, 0.1) is 31.4 Å². The fourth-order valence-corrected chi connectivity index (χ4v) is 5.11. The summed E-state index contributed by atoms with van der Waals surface area (Å²) in [6.07, 6.45) is 7.20. The van der Waals surface area contributed by atoms with Crippen LogP contribution in [0.15, 0.2) is 48.7 Å². The van der Waals surface area contributed by atoms with Crippen LogP contribution in [0.1, 0.15) is 30.4 Å². The van der Waals surface area contributed by atoms with Crippen LogP contribution in [0.3, 0.4) is 0 Å². The first-order valence-electron chi connectivity index (χ1n) is 12.8. The fourth-order valence-electron chi connectivity index (χ4n) is 4.83. The van der Waals surface area contributed by atoms with Gasteiger partial charge in [-0.3, -0.25) is 4.84 Å². The molecule has 0 amide bonds. The standard InChI is InChI=1S/C28H29ClFN5O2/c29-24-5-2-6-25(30)26(24)21-15-20-16-31-28(33-27(20)35(17-21)37-18-19-3-1-4-19)32-22-7-9-23(10-8-22)34-11-13-36-14-12-34/h2,5-10,15-16,19H,1,3-4,11-14,17-18H2,(H,31,32,33). The lowest BCUT2D eigenvalue weighted by Gasteiger charge is -2.33. The molecule has 0 bridgehead atoms.